The summed E-state index contributed by atoms with van der Waals surface area (Å²) in [7, 11) is 0. The van der Waals surface area contributed by atoms with Gasteiger partial charge in [-0.1, -0.05) is 11.6 Å². The van der Waals surface area contributed by atoms with Crippen molar-refractivity contribution < 1.29 is 9.13 Å². The number of ether oxygens (including phenoxy) is 1. The molecule has 0 aliphatic rings. The molecular weight excluding hydrogens is 193 g/mol. The molecule has 0 aliphatic carbocycles. The van der Waals surface area contributed by atoms with Gasteiger partial charge in [-0.15, -0.1) is 0 Å². The van der Waals surface area contributed by atoms with E-state index in [9.17, 15) is 4.39 Å². The minimum atomic E-state index is -0.509. The van der Waals surface area contributed by atoms with Gasteiger partial charge in [0.2, 0.25) is 0 Å². The summed E-state index contributed by atoms with van der Waals surface area (Å²) < 4.78 is 16.8. The Morgan fingerprint density at radius 2 is 2.15 bits per heavy atom. The Morgan fingerprint density at radius 1 is 1.38 bits per heavy atom. The zero-order valence-electron chi connectivity index (χ0n) is 7.09. The average Bonchev–Trinajstić information content (AvgIpc) is 2.14. The Morgan fingerprint density at radius 3 is 2.77 bits per heavy atom. The first kappa shape index (κ1) is 10.3. The summed E-state index contributed by atoms with van der Waals surface area (Å²) >= 11 is 5.78. The molecule has 0 heterocycles. The second-order valence-corrected chi connectivity index (χ2v) is 2.97. The molecule has 0 spiro atoms. The summed E-state index contributed by atoms with van der Waals surface area (Å²) in [5.74, 6) is 0.561. The third-order valence-electron chi connectivity index (χ3n) is 1.51. The third-order valence-corrected chi connectivity index (χ3v) is 1.73. The van der Waals surface area contributed by atoms with E-state index in [4.69, 9.17) is 22.1 Å². The molecule has 0 aliphatic heterocycles. The number of hydrogen-bond acceptors (Lipinski definition) is 2. The Balaban J connectivity index is 2.76. The lowest BCUT2D eigenvalue weighted by Crippen LogP contribution is -2.01. The Hall–Kier alpha value is -0.800. The van der Waals surface area contributed by atoms with Gasteiger partial charge in [0.15, 0.2) is 0 Å². The summed E-state index contributed by atoms with van der Waals surface area (Å²) in [5, 5.41) is 0.553. The molecule has 0 saturated heterocycles. The van der Waals surface area contributed by atoms with Gasteiger partial charge < -0.3 is 10.5 Å². The number of rotatable bonds is 4. The fourth-order valence-corrected chi connectivity index (χ4v) is 1.23. The highest BCUT2D eigenvalue weighted by molar-refractivity contribution is 6.30. The van der Waals surface area contributed by atoms with E-state index in [2.05, 4.69) is 0 Å². The highest BCUT2D eigenvalue weighted by Gasteiger charge is 1.99. The first-order chi connectivity index (χ1) is 6.26. The van der Waals surface area contributed by atoms with Crippen LogP contribution in [0.15, 0.2) is 18.2 Å². The standard InChI is InChI=1S/C9H11ClFNO/c10-8-3-7(6-12)4-9(5-8)13-2-1-11/h3-5H,1-2,6,12H2. The van der Waals surface area contributed by atoms with Crippen LogP contribution in [0.4, 0.5) is 4.39 Å². The normalized spacial score (nSPS) is 10.1. The first-order valence-electron chi connectivity index (χ1n) is 3.94. The van der Waals surface area contributed by atoms with Crippen LogP contribution in [0.25, 0.3) is 0 Å². The van der Waals surface area contributed by atoms with Crippen molar-refractivity contribution in [1.29, 1.82) is 0 Å². The van der Waals surface area contributed by atoms with E-state index in [1.807, 2.05) is 0 Å². The molecule has 2 nitrogen and oxygen atoms in total. The maximum atomic E-state index is 11.8. The summed E-state index contributed by atoms with van der Waals surface area (Å²) in [6.45, 7) is -0.0681. The smallest absolute Gasteiger partial charge is 0.123 e. The van der Waals surface area contributed by atoms with Gasteiger partial charge in [0.1, 0.15) is 19.0 Å². The van der Waals surface area contributed by atoms with Crippen molar-refractivity contribution in [3.05, 3.63) is 28.8 Å². The van der Waals surface area contributed by atoms with Gasteiger partial charge in [0.25, 0.3) is 0 Å². The number of nitrogens with two attached hydrogens (primary N) is 1. The maximum Gasteiger partial charge on any atom is 0.123 e. The molecule has 0 saturated carbocycles. The van der Waals surface area contributed by atoms with E-state index in [-0.39, 0.29) is 6.61 Å². The van der Waals surface area contributed by atoms with Crippen molar-refractivity contribution in [2.75, 3.05) is 13.3 Å². The molecule has 0 bridgehead atoms. The highest BCUT2D eigenvalue weighted by atomic mass is 35.5. The second-order valence-electron chi connectivity index (χ2n) is 2.54. The molecule has 0 fully saturated rings. The van der Waals surface area contributed by atoms with Crippen LogP contribution in [0.1, 0.15) is 5.56 Å². The molecule has 1 rings (SSSR count). The fourth-order valence-electron chi connectivity index (χ4n) is 0.978. The number of alkyl halides is 1. The fraction of sp³-hybridized carbons (Fsp3) is 0.333. The molecule has 13 heavy (non-hydrogen) atoms. The van der Waals surface area contributed by atoms with Gasteiger partial charge in [-0.2, -0.15) is 0 Å². The monoisotopic (exact) mass is 203 g/mol. The van der Waals surface area contributed by atoms with Gasteiger partial charge in [0.05, 0.1) is 0 Å². The molecule has 72 valence electrons. The van der Waals surface area contributed by atoms with Crippen LogP contribution < -0.4 is 10.5 Å². The molecule has 0 radical (unpaired) electrons. The zero-order valence-corrected chi connectivity index (χ0v) is 7.85. The van der Waals surface area contributed by atoms with Crippen molar-refractivity contribution in [2.45, 2.75) is 6.54 Å². The van der Waals surface area contributed by atoms with Crippen molar-refractivity contribution in [3.8, 4) is 5.75 Å². The van der Waals surface area contributed by atoms with E-state index in [0.717, 1.165) is 5.56 Å². The van der Waals surface area contributed by atoms with Crippen LogP contribution >= 0.6 is 11.6 Å². The molecule has 0 atom stereocenters. The molecular formula is C9H11ClFNO. The minimum Gasteiger partial charge on any atom is -0.491 e. The van der Waals surface area contributed by atoms with Crippen molar-refractivity contribution in [2.24, 2.45) is 5.73 Å². The predicted octanol–water partition coefficient (Wildman–Crippen LogP) is 2.15. The largest absolute Gasteiger partial charge is 0.491 e. The van der Waals surface area contributed by atoms with Crippen LogP contribution in [0.3, 0.4) is 0 Å². The topological polar surface area (TPSA) is 35.2 Å². The number of halogens is 2. The molecule has 0 unspecified atom stereocenters. The summed E-state index contributed by atoms with van der Waals surface area (Å²) in [6, 6.07) is 5.14. The number of benzene rings is 1. The molecule has 0 amide bonds. The van der Waals surface area contributed by atoms with Crippen LogP contribution in [0, 0.1) is 0 Å². The van der Waals surface area contributed by atoms with Crippen LogP contribution in [-0.2, 0) is 6.54 Å². The van der Waals surface area contributed by atoms with Gasteiger partial charge >= 0.3 is 0 Å². The summed E-state index contributed by atoms with van der Waals surface area (Å²) in [5.41, 5.74) is 6.30. The Labute approximate surface area is 81.4 Å². The molecule has 4 heteroatoms. The van der Waals surface area contributed by atoms with E-state index in [1.165, 1.54) is 0 Å². The van der Waals surface area contributed by atoms with Gasteiger partial charge in [-0.3, -0.25) is 0 Å². The van der Waals surface area contributed by atoms with E-state index in [0.29, 0.717) is 17.3 Å². The lowest BCUT2D eigenvalue weighted by Gasteiger charge is -2.06. The molecule has 1 aromatic rings. The van der Waals surface area contributed by atoms with Crippen LogP contribution in [0.2, 0.25) is 5.02 Å². The van der Waals surface area contributed by atoms with Crippen LogP contribution in [-0.4, -0.2) is 13.3 Å². The molecule has 0 aromatic heterocycles. The SMILES string of the molecule is NCc1cc(Cl)cc(OCCF)c1. The van der Waals surface area contributed by atoms with E-state index in [1.54, 1.807) is 18.2 Å². The maximum absolute atomic E-state index is 11.8. The van der Waals surface area contributed by atoms with E-state index < -0.39 is 6.67 Å². The lowest BCUT2D eigenvalue weighted by atomic mass is 10.2. The number of hydrogen-bond donors (Lipinski definition) is 1. The van der Waals surface area contributed by atoms with Gasteiger partial charge in [0, 0.05) is 11.6 Å². The van der Waals surface area contributed by atoms with Crippen molar-refractivity contribution >= 4 is 11.6 Å². The van der Waals surface area contributed by atoms with Crippen molar-refractivity contribution in [1.82, 2.24) is 0 Å². The highest BCUT2D eigenvalue weighted by Crippen LogP contribution is 2.20. The molecule has 2 N–H and O–H groups in total. The van der Waals surface area contributed by atoms with Crippen molar-refractivity contribution in [3.63, 3.8) is 0 Å². The summed E-state index contributed by atoms with van der Waals surface area (Å²) in [6.07, 6.45) is 0. The predicted molar refractivity (Wildman–Crippen MR) is 50.8 cm³/mol. The van der Waals surface area contributed by atoms with Crippen LogP contribution in [0.5, 0.6) is 5.75 Å². The zero-order chi connectivity index (χ0) is 9.68. The van der Waals surface area contributed by atoms with Gasteiger partial charge in [-0.05, 0) is 23.8 Å². The van der Waals surface area contributed by atoms with Gasteiger partial charge in [-0.25, -0.2) is 4.39 Å². The average molecular weight is 204 g/mol. The first-order valence-corrected chi connectivity index (χ1v) is 4.32. The Kier molecular flexibility index (Phi) is 3.99. The molecule has 1 aromatic carbocycles. The quantitative estimate of drug-likeness (QED) is 0.814. The second kappa shape index (κ2) is 5.04. The third kappa shape index (κ3) is 3.20. The lowest BCUT2D eigenvalue weighted by molar-refractivity contribution is 0.273. The van der Waals surface area contributed by atoms with E-state index >= 15 is 0 Å². The Bertz CT molecular complexity index is 280. The minimum absolute atomic E-state index is 0.0460. The summed E-state index contributed by atoms with van der Waals surface area (Å²) in [4.78, 5) is 0.